The number of thiazole rings is 1. The van der Waals surface area contributed by atoms with Crippen LogP contribution in [0.3, 0.4) is 0 Å². The molecular formula is C29H38N8O10S2. The number of hydroxylamine groups is 2. The van der Waals surface area contributed by atoms with Crippen molar-refractivity contribution >= 4 is 56.2 Å². The monoisotopic (exact) mass is 722 g/mol. The number of aliphatic carboxylic acids is 1. The molecule has 3 aliphatic rings. The molecule has 2 aromatic rings. The zero-order valence-electron chi connectivity index (χ0n) is 27.2. The molecule has 49 heavy (non-hydrogen) atoms. The van der Waals surface area contributed by atoms with Crippen molar-refractivity contribution in [3.05, 3.63) is 40.4 Å². The van der Waals surface area contributed by atoms with Gasteiger partial charge in [-0.3, -0.25) is 19.1 Å². The van der Waals surface area contributed by atoms with Crippen molar-refractivity contribution in [2.24, 2.45) is 27.0 Å². The van der Waals surface area contributed by atoms with Gasteiger partial charge in [0, 0.05) is 22.4 Å². The van der Waals surface area contributed by atoms with Crippen LogP contribution in [0, 0.1) is 5.41 Å². The van der Waals surface area contributed by atoms with Crippen LogP contribution < -0.4 is 27.3 Å². The number of amidine groups is 1. The molecule has 9 N–H and O–H groups in total. The van der Waals surface area contributed by atoms with Gasteiger partial charge in [-0.25, -0.2) is 9.78 Å². The third kappa shape index (κ3) is 6.78. The Bertz CT molecular complexity index is 1860. The number of carbonyl (C=O) groups excluding carboxylic acids is 2. The lowest BCUT2D eigenvalue weighted by atomic mass is 9.63. The summed E-state index contributed by atoms with van der Waals surface area (Å²) in [5.41, 5.74) is 15.3. The maximum Gasteiger partial charge on any atom is 0.418 e. The van der Waals surface area contributed by atoms with E-state index in [2.05, 4.69) is 24.7 Å². The van der Waals surface area contributed by atoms with Gasteiger partial charge in [0.15, 0.2) is 16.9 Å². The smallest absolute Gasteiger partial charge is 0.418 e. The summed E-state index contributed by atoms with van der Waals surface area (Å²) in [6.45, 7) is 8.07. The molecular weight excluding hydrogens is 684 g/mol. The number of nitrogens with one attached hydrogen (secondary N) is 1. The third-order valence-electron chi connectivity index (χ3n) is 9.35. The normalized spacial score (nSPS) is 25.9. The van der Waals surface area contributed by atoms with Crippen molar-refractivity contribution in [1.82, 2.24) is 15.4 Å². The maximum absolute atomic E-state index is 13.5. The van der Waals surface area contributed by atoms with Crippen LogP contribution in [0.4, 0.5) is 5.13 Å². The minimum absolute atomic E-state index is 0.00433. The van der Waals surface area contributed by atoms with Gasteiger partial charge in [-0.15, -0.1) is 15.6 Å². The zero-order chi connectivity index (χ0) is 36.3. The molecule has 0 spiro atoms. The molecule has 266 valence electrons. The first-order valence-electron chi connectivity index (χ1n) is 15.1. The van der Waals surface area contributed by atoms with Crippen LogP contribution in [-0.2, 0) is 40.3 Å². The SMILES string of the molecule is CC(ON=C(C(=O)NC1C(=O)N(OS(=O)(=O)O)C1(C)C)c1csc(N)n1)(C(=O)O)C1CCc2cc(C(N)=N[C@H]3C[C@H](N)C3(C)C)ccc2O1. The number of benzene rings is 1. The van der Waals surface area contributed by atoms with Crippen LogP contribution in [0.5, 0.6) is 5.75 Å². The second-order valence-corrected chi connectivity index (χ2v) is 15.3. The number of nitrogens with two attached hydrogens (primary N) is 3. The topological polar surface area (TPSA) is 284 Å². The Balaban J connectivity index is 1.35. The average molecular weight is 723 g/mol. The molecule has 2 aliphatic heterocycles. The van der Waals surface area contributed by atoms with E-state index in [1.807, 2.05) is 19.9 Å². The molecule has 0 radical (unpaired) electrons. The third-order valence-corrected chi connectivity index (χ3v) is 10.4. The van der Waals surface area contributed by atoms with E-state index in [4.69, 9.17) is 31.3 Å². The van der Waals surface area contributed by atoms with E-state index < -0.39 is 57.2 Å². The molecule has 5 rings (SSSR count). The van der Waals surface area contributed by atoms with Crippen LogP contribution in [0.25, 0.3) is 0 Å². The summed E-state index contributed by atoms with van der Waals surface area (Å²) in [7, 11) is -5.03. The van der Waals surface area contributed by atoms with Crippen molar-refractivity contribution in [3.63, 3.8) is 0 Å². The van der Waals surface area contributed by atoms with Crippen LogP contribution in [0.2, 0.25) is 0 Å². The molecule has 1 saturated carbocycles. The lowest BCUT2D eigenvalue weighted by molar-refractivity contribution is -0.218. The summed E-state index contributed by atoms with van der Waals surface area (Å²) in [5.74, 6) is -2.69. The van der Waals surface area contributed by atoms with Crippen molar-refractivity contribution in [1.29, 1.82) is 0 Å². The average Bonchev–Trinajstić information content (AvgIpc) is 3.46. The van der Waals surface area contributed by atoms with Crippen LogP contribution >= 0.6 is 11.3 Å². The first-order chi connectivity index (χ1) is 22.6. The van der Waals surface area contributed by atoms with Crippen molar-refractivity contribution in [2.45, 2.75) is 89.3 Å². The predicted octanol–water partition coefficient (Wildman–Crippen LogP) is 0.354. The van der Waals surface area contributed by atoms with E-state index in [0.717, 1.165) is 23.3 Å². The molecule has 1 saturated heterocycles. The number of carboxylic acids is 1. The number of oxime groups is 1. The summed E-state index contributed by atoms with van der Waals surface area (Å²) in [6, 6.07) is 3.94. The molecule has 0 bridgehead atoms. The molecule has 1 aliphatic carbocycles. The highest BCUT2D eigenvalue weighted by Gasteiger charge is 2.58. The number of carbonyl (C=O) groups is 3. The zero-order valence-corrected chi connectivity index (χ0v) is 28.9. The van der Waals surface area contributed by atoms with Crippen LogP contribution in [0.1, 0.15) is 64.3 Å². The number of ether oxygens (including phenoxy) is 1. The number of nitrogen functional groups attached to an aromatic ring is 1. The van der Waals surface area contributed by atoms with Gasteiger partial charge in [0.1, 0.15) is 23.3 Å². The Kier molecular flexibility index (Phi) is 9.17. The molecule has 2 fully saturated rings. The van der Waals surface area contributed by atoms with Gasteiger partial charge in [-0.1, -0.05) is 19.0 Å². The fraction of sp³-hybridized carbons (Fsp3) is 0.517. The number of fused-ring (bicyclic) bond motifs is 1. The van der Waals surface area contributed by atoms with E-state index in [1.165, 1.54) is 26.2 Å². The second-order valence-electron chi connectivity index (χ2n) is 13.4. The van der Waals surface area contributed by atoms with E-state index in [-0.39, 0.29) is 34.7 Å². The van der Waals surface area contributed by atoms with E-state index >= 15 is 0 Å². The fourth-order valence-corrected chi connectivity index (χ4v) is 6.73. The molecule has 1 aromatic heterocycles. The number of amides is 2. The van der Waals surface area contributed by atoms with Gasteiger partial charge in [0.2, 0.25) is 0 Å². The number of rotatable bonds is 11. The number of anilines is 1. The standard InChI is InChI=1S/C29H38N8O10S2/c1-27(2)17(30)11-18(27)34-22(31)14-6-8-16-13(10-14)7-9-19(45-16)29(5,25(40)41)46-36-20(15-12-48-26(32)33-15)23(38)35-21-24(39)37(28(21,3)4)47-49(42,43)44/h6,8,10,12,17-19,21H,7,9,11,30H2,1-5H3,(H2,31,34)(H2,32,33)(H,35,38)(H,40,41)(H,42,43,44)/t17-,18-,19?,21?,29?/m0/s1. The molecule has 3 heterocycles. The highest BCUT2D eigenvalue weighted by molar-refractivity contribution is 7.80. The summed E-state index contributed by atoms with van der Waals surface area (Å²) in [5, 5.41) is 18.4. The highest BCUT2D eigenvalue weighted by Crippen LogP contribution is 2.42. The fourth-order valence-electron chi connectivity index (χ4n) is 5.73. The van der Waals surface area contributed by atoms with E-state index in [9.17, 15) is 27.9 Å². The Labute approximate surface area is 285 Å². The van der Waals surface area contributed by atoms with Gasteiger partial charge in [0.05, 0.1) is 11.6 Å². The first kappa shape index (κ1) is 35.9. The Morgan fingerprint density at radius 1 is 1.27 bits per heavy atom. The molecule has 20 heteroatoms. The largest absolute Gasteiger partial charge is 0.485 e. The second kappa shape index (κ2) is 12.5. The summed E-state index contributed by atoms with van der Waals surface area (Å²) in [6.07, 6.45) is 0.252. The number of aromatic nitrogens is 1. The lowest BCUT2D eigenvalue weighted by Gasteiger charge is -2.50. The van der Waals surface area contributed by atoms with Gasteiger partial charge in [-0.05, 0) is 63.8 Å². The highest BCUT2D eigenvalue weighted by atomic mass is 32.3. The van der Waals surface area contributed by atoms with Crippen molar-refractivity contribution < 1.29 is 46.3 Å². The number of aryl methyl sites for hydroxylation is 1. The number of carboxylic acid groups (broad SMARTS) is 1. The number of aliphatic imine (C=N–C) groups is 1. The predicted molar refractivity (Wildman–Crippen MR) is 176 cm³/mol. The molecule has 2 amide bonds. The van der Waals surface area contributed by atoms with E-state index in [0.29, 0.717) is 28.6 Å². The quantitative estimate of drug-likeness (QED) is 0.0600. The first-order valence-corrected chi connectivity index (χ1v) is 17.3. The van der Waals surface area contributed by atoms with Gasteiger partial charge in [-0.2, -0.15) is 13.5 Å². The van der Waals surface area contributed by atoms with E-state index in [1.54, 1.807) is 12.1 Å². The Hall–Kier alpha value is -4.37. The summed E-state index contributed by atoms with van der Waals surface area (Å²) < 4.78 is 41.7. The van der Waals surface area contributed by atoms with Gasteiger partial charge >= 0.3 is 16.4 Å². The Morgan fingerprint density at radius 3 is 2.51 bits per heavy atom. The molecule has 5 atom stereocenters. The minimum Gasteiger partial charge on any atom is -0.485 e. The minimum atomic E-state index is -5.03. The van der Waals surface area contributed by atoms with Crippen LogP contribution in [-0.4, -0.2) is 92.8 Å². The number of hydrogen-bond acceptors (Lipinski definition) is 14. The number of β-lactam (4-membered cyclic amide) rings is 1. The molecule has 1 aromatic carbocycles. The lowest BCUT2D eigenvalue weighted by Crippen LogP contribution is -2.76. The summed E-state index contributed by atoms with van der Waals surface area (Å²) in [4.78, 5) is 53.0. The molecule has 3 unspecified atom stereocenters. The molecule has 18 nitrogen and oxygen atoms in total. The summed E-state index contributed by atoms with van der Waals surface area (Å²) >= 11 is 0.963. The van der Waals surface area contributed by atoms with Gasteiger partial charge < -0.3 is 37.2 Å². The maximum atomic E-state index is 13.5. The van der Waals surface area contributed by atoms with Gasteiger partial charge in [0.25, 0.3) is 17.4 Å². The van der Waals surface area contributed by atoms with Crippen molar-refractivity contribution in [3.8, 4) is 5.75 Å². The number of nitrogens with zero attached hydrogens (tertiary/aromatic N) is 4. The number of hydrogen-bond donors (Lipinski definition) is 6. The Morgan fingerprint density at radius 2 is 1.96 bits per heavy atom. The van der Waals surface area contributed by atoms with Crippen molar-refractivity contribution in [2.75, 3.05) is 5.73 Å². The van der Waals surface area contributed by atoms with Crippen LogP contribution in [0.15, 0.2) is 33.7 Å².